The van der Waals surface area contributed by atoms with Gasteiger partial charge in [0.15, 0.2) is 0 Å². The molecule has 2 N–H and O–H groups in total. The number of aromatic nitrogens is 2. The topological polar surface area (TPSA) is 53.1 Å². The van der Waals surface area contributed by atoms with E-state index in [2.05, 4.69) is 18.9 Å². The van der Waals surface area contributed by atoms with Crippen LogP contribution in [0.25, 0.3) is 0 Å². The second-order valence-electron chi connectivity index (χ2n) is 4.22. The summed E-state index contributed by atoms with van der Waals surface area (Å²) < 4.78 is 7.65. The molecule has 1 aromatic rings. The van der Waals surface area contributed by atoms with Crippen LogP contribution in [-0.2, 0) is 11.3 Å². The Balaban J connectivity index is 2.03. The van der Waals surface area contributed by atoms with E-state index in [9.17, 15) is 0 Å². The van der Waals surface area contributed by atoms with Crippen LogP contribution in [0.3, 0.4) is 0 Å². The third-order valence-corrected chi connectivity index (χ3v) is 3.03. The zero-order valence-electron chi connectivity index (χ0n) is 9.39. The molecule has 0 bridgehead atoms. The van der Waals surface area contributed by atoms with Gasteiger partial charge in [-0.3, -0.25) is 4.68 Å². The average Bonchev–Trinajstić information content (AvgIpc) is 2.84. The lowest BCUT2D eigenvalue weighted by molar-refractivity contribution is 0.0401. The molecule has 84 valence electrons. The van der Waals surface area contributed by atoms with Crippen LogP contribution >= 0.6 is 0 Å². The lowest BCUT2D eigenvalue weighted by Gasteiger charge is -2.17. The van der Waals surface area contributed by atoms with Gasteiger partial charge in [0, 0.05) is 18.3 Å². The van der Waals surface area contributed by atoms with Crippen LogP contribution in [-0.4, -0.2) is 22.0 Å². The van der Waals surface area contributed by atoms with Gasteiger partial charge in [-0.15, -0.1) is 0 Å². The first-order chi connectivity index (χ1) is 7.20. The van der Waals surface area contributed by atoms with Gasteiger partial charge in [0.05, 0.1) is 24.4 Å². The Morgan fingerprint density at radius 2 is 2.47 bits per heavy atom. The van der Waals surface area contributed by atoms with Crippen LogP contribution in [0.15, 0.2) is 12.4 Å². The maximum absolute atomic E-state index is 6.15. The van der Waals surface area contributed by atoms with Gasteiger partial charge in [0.1, 0.15) is 0 Å². The fourth-order valence-electron chi connectivity index (χ4n) is 2.04. The molecule has 0 amide bonds. The van der Waals surface area contributed by atoms with E-state index in [-0.39, 0.29) is 12.1 Å². The summed E-state index contributed by atoms with van der Waals surface area (Å²) in [5.41, 5.74) is 7.23. The third-order valence-electron chi connectivity index (χ3n) is 3.03. The van der Waals surface area contributed by atoms with Crippen LogP contribution in [0.5, 0.6) is 0 Å². The van der Waals surface area contributed by atoms with Crippen LogP contribution in [0.1, 0.15) is 38.3 Å². The van der Waals surface area contributed by atoms with Gasteiger partial charge in [-0.2, -0.15) is 5.10 Å². The zero-order chi connectivity index (χ0) is 10.8. The molecule has 3 unspecified atom stereocenters. The van der Waals surface area contributed by atoms with E-state index in [1.165, 1.54) is 0 Å². The molecule has 15 heavy (non-hydrogen) atoms. The van der Waals surface area contributed by atoms with Gasteiger partial charge in [0.25, 0.3) is 0 Å². The SMILES string of the molecule is CCn1cc(C(N)C2CCC(C)O2)cn1. The molecule has 1 aliphatic rings. The smallest absolute Gasteiger partial charge is 0.0773 e. The Bertz CT molecular complexity index is 323. The minimum Gasteiger partial charge on any atom is -0.373 e. The fourth-order valence-corrected chi connectivity index (χ4v) is 2.04. The average molecular weight is 209 g/mol. The number of ether oxygens (including phenoxy) is 1. The Hall–Kier alpha value is -0.870. The Morgan fingerprint density at radius 1 is 1.67 bits per heavy atom. The molecule has 4 heteroatoms. The highest BCUT2D eigenvalue weighted by Crippen LogP contribution is 2.28. The van der Waals surface area contributed by atoms with Gasteiger partial charge in [-0.1, -0.05) is 0 Å². The van der Waals surface area contributed by atoms with Crippen LogP contribution < -0.4 is 5.73 Å². The Kier molecular flexibility index (Phi) is 3.07. The predicted octanol–water partition coefficient (Wildman–Crippen LogP) is 1.47. The molecule has 1 aromatic heterocycles. The minimum atomic E-state index is -0.0322. The summed E-state index contributed by atoms with van der Waals surface area (Å²) in [6.07, 6.45) is 6.54. The second kappa shape index (κ2) is 4.33. The molecule has 1 aliphatic heterocycles. The number of nitrogens with two attached hydrogens (primary N) is 1. The molecule has 0 saturated carbocycles. The van der Waals surface area contributed by atoms with Crippen molar-refractivity contribution in [3.8, 4) is 0 Å². The molecule has 1 fully saturated rings. The lowest BCUT2D eigenvalue weighted by atomic mass is 10.0. The van der Waals surface area contributed by atoms with Crippen molar-refractivity contribution in [2.75, 3.05) is 0 Å². The van der Waals surface area contributed by atoms with Crippen LogP contribution in [0.4, 0.5) is 0 Å². The molecular formula is C11H19N3O. The summed E-state index contributed by atoms with van der Waals surface area (Å²) >= 11 is 0. The molecular weight excluding hydrogens is 190 g/mol. The van der Waals surface area contributed by atoms with Crippen molar-refractivity contribution in [2.24, 2.45) is 5.73 Å². The van der Waals surface area contributed by atoms with E-state index in [1.807, 2.05) is 17.1 Å². The van der Waals surface area contributed by atoms with Crippen molar-refractivity contribution in [3.63, 3.8) is 0 Å². The van der Waals surface area contributed by atoms with E-state index in [0.717, 1.165) is 24.9 Å². The third kappa shape index (κ3) is 2.21. The van der Waals surface area contributed by atoms with E-state index in [4.69, 9.17) is 10.5 Å². The second-order valence-corrected chi connectivity index (χ2v) is 4.22. The van der Waals surface area contributed by atoms with Gasteiger partial charge in [-0.25, -0.2) is 0 Å². The molecule has 0 aliphatic carbocycles. The molecule has 0 radical (unpaired) electrons. The van der Waals surface area contributed by atoms with Gasteiger partial charge in [0.2, 0.25) is 0 Å². The summed E-state index contributed by atoms with van der Waals surface area (Å²) in [5, 5.41) is 4.23. The van der Waals surface area contributed by atoms with E-state index in [1.54, 1.807) is 0 Å². The highest BCUT2D eigenvalue weighted by molar-refractivity contribution is 5.12. The summed E-state index contributed by atoms with van der Waals surface area (Å²) in [6.45, 7) is 5.05. The van der Waals surface area contributed by atoms with Crippen molar-refractivity contribution in [1.82, 2.24) is 9.78 Å². The highest BCUT2D eigenvalue weighted by Gasteiger charge is 2.28. The van der Waals surface area contributed by atoms with Crippen molar-refractivity contribution in [3.05, 3.63) is 18.0 Å². The van der Waals surface area contributed by atoms with Crippen LogP contribution in [0, 0.1) is 0 Å². The van der Waals surface area contributed by atoms with Crippen molar-refractivity contribution in [1.29, 1.82) is 0 Å². The Labute approximate surface area is 90.4 Å². The molecule has 4 nitrogen and oxygen atoms in total. The number of rotatable bonds is 3. The van der Waals surface area contributed by atoms with Crippen LogP contribution in [0.2, 0.25) is 0 Å². The van der Waals surface area contributed by atoms with E-state index < -0.39 is 0 Å². The summed E-state index contributed by atoms with van der Waals surface area (Å²) in [5.74, 6) is 0. The molecule has 3 atom stereocenters. The van der Waals surface area contributed by atoms with Gasteiger partial charge in [-0.05, 0) is 26.7 Å². The first-order valence-electron chi connectivity index (χ1n) is 5.64. The standard InChI is InChI=1S/C11H19N3O/c1-3-14-7-9(6-13-14)11(12)10-5-4-8(2)15-10/h6-8,10-11H,3-5,12H2,1-2H3. The quantitative estimate of drug-likeness (QED) is 0.820. The predicted molar refractivity (Wildman–Crippen MR) is 58.4 cm³/mol. The highest BCUT2D eigenvalue weighted by atomic mass is 16.5. The Morgan fingerprint density at radius 3 is 3.00 bits per heavy atom. The minimum absolute atomic E-state index is 0.0322. The maximum atomic E-state index is 6.15. The van der Waals surface area contributed by atoms with Gasteiger partial charge >= 0.3 is 0 Å². The van der Waals surface area contributed by atoms with E-state index >= 15 is 0 Å². The monoisotopic (exact) mass is 209 g/mol. The lowest BCUT2D eigenvalue weighted by Crippen LogP contribution is -2.26. The first kappa shape index (κ1) is 10.6. The fraction of sp³-hybridized carbons (Fsp3) is 0.727. The molecule has 2 rings (SSSR count). The summed E-state index contributed by atoms with van der Waals surface area (Å²) in [7, 11) is 0. The van der Waals surface area contributed by atoms with Gasteiger partial charge < -0.3 is 10.5 Å². The number of nitrogens with zero attached hydrogens (tertiary/aromatic N) is 2. The maximum Gasteiger partial charge on any atom is 0.0773 e. The molecule has 0 aromatic carbocycles. The number of hydrogen-bond donors (Lipinski definition) is 1. The molecule has 2 heterocycles. The van der Waals surface area contributed by atoms with Crippen molar-refractivity contribution in [2.45, 2.75) is 51.5 Å². The first-order valence-corrected chi connectivity index (χ1v) is 5.64. The number of hydrogen-bond acceptors (Lipinski definition) is 3. The van der Waals surface area contributed by atoms with E-state index in [0.29, 0.717) is 6.10 Å². The van der Waals surface area contributed by atoms with Crippen molar-refractivity contribution >= 4 is 0 Å². The summed E-state index contributed by atoms with van der Waals surface area (Å²) in [6, 6.07) is -0.0322. The normalized spacial score (nSPS) is 28.2. The molecule has 1 saturated heterocycles. The number of aryl methyl sites for hydroxylation is 1. The largest absolute Gasteiger partial charge is 0.373 e. The summed E-state index contributed by atoms with van der Waals surface area (Å²) in [4.78, 5) is 0. The van der Waals surface area contributed by atoms with Crippen molar-refractivity contribution < 1.29 is 4.74 Å². The molecule has 0 spiro atoms. The zero-order valence-corrected chi connectivity index (χ0v) is 9.39.